The van der Waals surface area contributed by atoms with Crippen LogP contribution in [0.1, 0.15) is 41.5 Å². The number of carbonyl (C=O) groups excluding carboxylic acids is 2. The molecule has 0 aliphatic carbocycles. The summed E-state index contributed by atoms with van der Waals surface area (Å²) in [5, 5.41) is 0. The first kappa shape index (κ1) is 22.0. The zero-order chi connectivity index (χ0) is 18.4. The molecule has 1 rings (SSSR count). The first-order chi connectivity index (χ1) is 11.5. The number of hydroxylamine groups is 1. The molecule has 0 aliphatic rings. The molecule has 0 unspecified atom stereocenters. The minimum atomic E-state index is -0.649. The SMILES string of the molecule is CCNOCC(OCC)OCC.NC(=O)c1ccccc1C(N)=O. The standard InChI is InChI=1S/C8H8N2O2.C8H19NO3/c9-7(11)5-3-1-2-4-6(5)8(10)12;1-4-9-12-7-8(10-5-2)11-6-3/h1-4H,(H2,9,11)(H2,10,12);8-9H,4-7H2,1-3H3. The lowest BCUT2D eigenvalue weighted by atomic mass is 10.1. The van der Waals surface area contributed by atoms with E-state index in [9.17, 15) is 9.59 Å². The number of nitrogens with two attached hydrogens (primary N) is 2. The van der Waals surface area contributed by atoms with Crippen molar-refractivity contribution < 1.29 is 23.9 Å². The van der Waals surface area contributed by atoms with Crippen LogP contribution in [0, 0.1) is 0 Å². The zero-order valence-corrected chi connectivity index (χ0v) is 14.4. The van der Waals surface area contributed by atoms with Crippen LogP contribution >= 0.6 is 0 Å². The van der Waals surface area contributed by atoms with Gasteiger partial charge in [0.15, 0.2) is 6.29 Å². The highest BCUT2D eigenvalue weighted by atomic mass is 16.7. The Balaban J connectivity index is 0.000000441. The highest BCUT2D eigenvalue weighted by Gasteiger charge is 2.10. The van der Waals surface area contributed by atoms with E-state index < -0.39 is 11.8 Å². The van der Waals surface area contributed by atoms with Gasteiger partial charge in [-0.05, 0) is 26.0 Å². The third kappa shape index (κ3) is 9.21. The number of carbonyl (C=O) groups is 2. The van der Waals surface area contributed by atoms with Crippen LogP contribution in [0.25, 0.3) is 0 Å². The van der Waals surface area contributed by atoms with Crippen molar-refractivity contribution in [3.8, 4) is 0 Å². The second-order valence-corrected chi connectivity index (χ2v) is 4.42. The predicted molar refractivity (Wildman–Crippen MR) is 90.1 cm³/mol. The van der Waals surface area contributed by atoms with Crippen LogP contribution in [0.15, 0.2) is 24.3 Å². The Morgan fingerprint density at radius 3 is 1.79 bits per heavy atom. The summed E-state index contributed by atoms with van der Waals surface area (Å²) in [4.78, 5) is 26.5. The minimum absolute atomic E-state index is 0.157. The number of nitrogens with one attached hydrogen (secondary N) is 1. The summed E-state index contributed by atoms with van der Waals surface area (Å²) >= 11 is 0. The summed E-state index contributed by atoms with van der Waals surface area (Å²) in [6, 6.07) is 6.16. The molecule has 8 nitrogen and oxygen atoms in total. The third-order valence-corrected chi connectivity index (χ3v) is 2.63. The first-order valence-corrected chi connectivity index (χ1v) is 7.74. The highest BCUT2D eigenvalue weighted by molar-refractivity contribution is 6.06. The summed E-state index contributed by atoms with van der Waals surface area (Å²) in [6.07, 6.45) is -0.251. The molecule has 0 saturated heterocycles. The van der Waals surface area contributed by atoms with Crippen LogP contribution in [0.4, 0.5) is 0 Å². The van der Waals surface area contributed by atoms with Gasteiger partial charge in [0.1, 0.15) is 6.61 Å². The molecule has 0 atom stereocenters. The second kappa shape index (κ2) is 13.4. The van der Waals surface area contributed by atoms with Gasteiger partial charge in [0.25, 0.3) is 0 Å². The number of amides is 2. The number of hydrogen-bond donors (Lipinski definition) is 3. The second-order valence-electron chi connectivity index (χ2n) is 4.42. The highest BCUT2D eigenvalue weighted by Crippen LogP contribution is 2.06. The molecule has 1 aromatic carbocycles. The molecule has 2 amide bonds. The normalized spacial score (nSPS) is 10.2. The van der Waals surface area contributed by atoms with E-state index in [-0.39, 0.29) is 17.4 Å². The Kier molecular flexibility index (Phi) is 12.3. The largest absolute Gasteiger partial charge is 0.366 e. The maximum Gasteiger partial charge on any atom is 0.249 e. The van der Waals surface area contributed by atoms with Crippen LogP contribution in [-0.2, 0) is 14.3 Å². The van der Waals surface area contributed by atoms with Crippen LogP contribution < -0.4 is 16.9 Å². The Labute approximate surface area is 142 Å². The quantitative estimate of drug-likeness (QED) is 0.328. The van der Waals surface area contributed by atoms with Crippen molar-refractivity contribution in [3.63, 3.8) is 0 Å². The molecule has 0 aliphatic heterocycles. The topological polar surface area (TPSA) is 126 Å². The molecule has 0 radical (unpaired) electrons. The van der Waals surface area contributed by atoms with Gasteiger partial charge in [-0.25, -0.2) is 5.48 Å². The van der Waals surface area contributed by atoms with Gasteiger partial charge in [-0.2, -0.15) is 0 Å². The molecule has 0 bridgehead atoms. The van der Waals surface area contributed by atoms with Crippen LogP contribution in [-0.4, -0.2) is 44.5 Å². The van der Waals surface area contributed by atoms with Crippen molar-refractivity contribution in [1.82, 2.24) is 5.48 Å². The van der Waals surface area contributed by atoms with Crippen molar-refractivity contribution in [3.05, 3.63) is 35.4 Å². The van der Waals surface area contributed by atoms with E-state index in [4.69, 9.17) is 25.8 Å². The fourth-order valence-corrected chi connectivity index (χ4v) is 1.66. The maximum atomic E-state index is 10.7. The van der Waals surface area contributed by atoms with Gasteiger partial charge in [-0.15, -0.1) is 0 Å². The van der Waals surface area contributed by atoms with Gasteiger partial charge in [-0.3, -0.25) is 14.4 Å². The number of benzene rings is 1. The molecule has 5 N–H and O–H groups in total. The summed E-state index contributed by atoms with van der Waals surface area (Å²) in [5.41, 5.74) is 13.1. The van der Waals surface area contributed by atoms with Gasteiger partial charge < -0.3 is 20.9 Å². The van der Waals surface area contributed by atoms with Crippen LogP contribution in [0.5, 0.6) is 0 Å². The lowest BCUT2D eigenvalue weighted by molar-refractivity contribution is -0.179. The van der Waals surface area contributed by atoms with E-state index >= 15 is 0 Å². The molecule has 24 heavy (non-hydrogen) atoms. The van der Waals surface area contributed by atoms with Gasteiger partial charge in [0.2, 0.25) is 11.8 Å². The molecule has 0 saturated carbocycles. The molecular formula is C16H27N3O5. The molecule has 136 valence electrons. The maximum absolute atomic E-state index is 10.7. The van der Waals surface area contributed by atoms with E-state index in [2.05, 4.69) is 5.48 Å². The smallest absolute Gasteiger partial charge is 0.249 e. The zero-order valence-electron chi connectivity index (χ0n) is 14.4. The van der Waals surface area contributed by atoms with Gasteiger partial charge in [0.05, 0.1) is 11.1 Å². The molecular weight excluding hydrogens is 314 g/mol. The molecule has 1 aromatic rings. The summed E-state index contributed by atoms with van der Waals surface area (Å²) in [7, 11) is 0. The van der Waals surface area contributed by atoms with E-state index in [1.165, 1.54) is 12.1 Å². The van der Waals surface area contributed by atoms with E-state index in [0.717, 1.165) is 6.54 Å². The van der Waals surface area contributed by atoms with Crippen molar-refractivity contribution in [2.75, 3.05) is 26.4 Å². The number of rotatable bonds is 10. The fraction of sp³-hybridized carbons (Fsp3) is 0.500. The number of hydrogen-bond acceptors (Lipinski definition) is 6. The van der Waals surface area contributed by atoms with E-state index in [1.54, 1.807) is 12.1 Å². The first-order valence-electron chi connectivity index (χ1n) is 7.74. The summed E-state index contributed by atoms with van der Waals surface area (Å²) < 4.78 is 10.5. The number of ether oxygens (including phenoxy) is 2. The molecule has 0 aromatic heterocycles. The van der Waals surface area contributed by atoms with Gasteiger partial charge >= 0.3 is 0 Å². The van der Waals surface area contributed by atoms with Crippen molar-refractivity contribution in [1.29, 1.82) is 0 Å². The van der Waals surface area contributed by atoms with E-state index in [1.807, 2.05) is 20.8 Å². The summed E-state index contributed by atoms with van der Waals surface area (Å²) in [6.45, 7) is 8.32. The van der Waals surface area contributed by atoms with Crippen molar-refractivity contribution >= 4 is 11.8 Å². The predicted octanol–water partition coefficient (Wildman–Crippen LogP) is 0.811. The van der Waals surface area contributed by atoms with Crippen LogP contribution in [0.2, 0.25) is 0 Å². The Morgan fingerprint density at radius 2 is 1.46 bits per heavy atom. The Hall–Kier alpha value is -2.00. The lowest BCUT2D eigenvalue weighted by Crippen LogP contribution is -2.27. The average Bonchev–Trinajstić information content (AvgIpc) is 2.56. The molecule has 0 heterocycles. The molecule has 8 heteroatoms. The van der Waals surface area contributed by atoms with Crippen molar-refractivity contribution in [2.24, 2.45) is 11.5 Å². The third-order valence-electron chi connectivity index (χ3n) is 2.63. The van der Waals surface area contributed by atoms with Gasteiger partial charge in [-0.1, -0.05) is 19.1 Å². The fourth-order valence-electron chi connectivity index (χ4n) is 1.66. The van der Waals surface area contributed by atoms with Crippen LogP contribution in [0.3, 0.4) is 0 Å². The van der Waals surface area contributed by atoms with E-state index in [0.29, 0.717) is 19.8 Å². The Bertz CT molecular complexity index is 457. The van der Waals surface area contributed by atoms with Gasteiger partial charge in [0, 0.05) is 19.8 Å². The minimum Gasteiger partial charge on any atom is -0.366 e. The summed E-state index contributed by atoms with van der Waals surface area (Å²) in [5.74, 6) is -1.30. The number of primary amides is 2. The lowest BCUT2D eigenvalue weighted by Gasteiger charge is -2.16. The Morgan fingerprint density at radius 1 is 1.00 bits per heavy atom. The molecule has 0 fully saturated rings. The average molecular weight is 341 g/mol. The molecule has 0 spiro atoms. The monoisotopic (exact) mass is 341 g/mol. The van der Waals surface area contributed by atoms with Crippen molar-refractivity contribution in [2.45, 2.75) is 27.1 Å².